The summed E-state index contributed by atoms with van der Waals surface area (Å²) in [7, 11) is 0. The van der Waals surface area contributed by atoms with Crippen molar-refractivity contribution in [3.63, 3.8) is 0 Å². The lowest BCUT2D eigenvalue weighted by atomic mass is 10.1. The first-order chi connectivity index (χ1) is 7.90. The van der Waals surface area contributed by atoms with Gasteiger partial charge in [0.05, 0.1) is 6.42 Å². The molecule has 0 aliphatic rings. The van der Waals surface area contributed by atoms with E-state index in [1.165, 1.54) is 13.0 Å². The Morgan fingerprint density at radius 1 is 1.35 bits per heavy atom. The molecule has 92 valence electrons. The van der Waals surface area contributed by atoms with Gasteiger partial charge in [-0.15, -0.1) is 0 Å². The Labute approximate surface area is 96.3 Å². The Kier molecular flexibility index (Phi) is 4.14. The summed E-state index contributed by atoms with van der Waals surface area (Å²) in [5.74, 6) is -4.49. The van der Waals surface area contributed by atoms with Crippen LogP contribution in [0.15, 0.2) is 18.2 Å². The van der Waals surface area contributed by atoms with Gasteiger partial charge in [0.25, 0.3) is 0 Å². The van der Waals surface area contributed by atoms with Crippen LogP contribution >= 0.6 is 0 Å². The Morgan fingerprint density at radius 3 is 2.53 bits per heavy atom. The third-order valence-corrected chi connectivity index (χ3v) is 2.12. The van der Waals surface area contributed by atoms with Crippen molar-refractivity contribution in [1.29, 1.82) is 0 Å². The quantitative estimate of drug-likeness (QED) is 0.850. The zero-order chi connectivity index (χ0) is 13.0. The smallest absolute Gasteiger partial charge is 0.304 e. The average Bonchev–Trinajstić information content (AvgIpc) is 2.22. The SMILES string of the molecule is CC(CC(=O)O)C(=O)Nc1ccc(F)c(F)c1. The van der Waals surface area contributed by atoms with Crippen LogP contribution < -0.4 is 5.32 Å². The maximum Gasteiger partial charge on any atom is 0.304 e. The topological polar surface area (TPSA) is 66.4 Å². The number of carboxylic acids is 1. The van der Waals surface area contributed by atoms with E-state index in [9.17, 15) is 18.4 Å². The van der Waals surface area contributed by atoms with Gasteiger partial charge in [0.2, 0.25) is 5.91 Å². The van der Waals surface area contributed by atoms with Gasteiger partial charge in [-0.3, -0.25) is 9.59 Å². The number of halogens is 2. The molecule has 4 nitrogen and oxygen atoms in total. The predicted octanol–water partition coefficient (Wildman–Crippen LogP) is 2.01. The highest BCUT2D eigenvalue weighted by Gasteiger charge is 2.16. The number of hydrogen-bond donors (Lipinski definition) is 2. The van der Waals surface area contributed by atoms with E-state index in [4.69, 9.17) is 5.11 Å². The molecule has 6 heteroatoms. The van der Waals surface area contributed by atoms with Gasteiger partial charge < -0.3 is 10.4 Å². The van der Waals surface area contributed by atoms with Crippen molar-refractivity contribution < 1.29 is 23.5 Å². The molecule has 1 unspecified atom stereocenters. The molecular formula is C11H11F2NO3. The normalized spacial score (nSPS) is 11.9. The molecule has 0 saturated heterocycles. The van der Waals surface area contributed by atoms with Crippen molar-refractivity contribution in [1.82, 2.24) is 0 Å². The second kappa shape index (κ2) is 5.38. The molecule has 1 aromatic carbocycles. The third-order valence-electron chi connectivity index (χ3n) is 2.12. The number of carbonyl (C=O) groups is 2. The maximum atomic E-state index is 12.8. The monoisotopic (exact) mass is 243 g/mol. The Morgan fingerprint density at radius 2 is 2.00 bits per heavy atom. The lowest BCUT2D eigenvalue weighted by molar-refractivity contribution is -0.139. The van der Waals surface area contributed by atoms with E-state index < -0.39 is 29.4 Å². The summed E-state index contributed by atoms with van der Waals surface area (Å²) in [6.07, 6.45) is -0.324. The van der Waals surface area contributed by atoms with Crippen molar-refractivity contribution in [2.45, 2.75) is 13.3 Å². The van der Waals surface area contributed by atoms with Crippen molar-refractivity contribution in [3.8, 4) is 0 Å². The van der Waals surface area contributed by atoms with Crippen LogP contribution in [0.25, 0.3) is 0 Å². The standard InChI is InChI=1S/C11H11F2NO3/c1-6(4-10(15)16)11(17)14-7-2-3-8(12)9(13)5-7/h2-3,5-6H,4H2,1H3,(H,14,17)(H,15,16). The van der Waals surface area contributed by atoms with Gasteiger partial charge in [0.1, 0.15) is 0 Å². The molecule has 17 heavy (non-hydrogen) atoms. The number of hydrogen-bond acceptors (Lipinski definition) is 2. The molecule has 1 aromatic rings. The molecular weight excluding hydrogens is 232 g/mol. The Bertz CT molecular complexity index is 448. The van der Waals surface area contributed by atoms with Crippen LogP contribution in [0.5, 0.6) is 0 Å². The fourth-order valence-electron chi connectivity index (χ4n) is 1.19. The molecule has 1 atom stereocenters. The van der Waals surface area contributed by atoms with Gasteiger partial charge in [-0.1, -0.05) is 6.92 Å². The highest BCUT2D eigenvalue weighted by atomic mass is 19.2. The fraction of sp³-hybridized carbons (Fsp3) is 0.273. The van der Waals surface area contributed by atoms with Gasteiger partial charge in [-0.2, -0.15) is 0 Å². The Hall–Kier alpha value is -1.98. The molecule has 0 aliphatic carbocycles. The van der Waals surface area contributed by atoms with Crippen LogP contribution in [0, 0.1) is 17.6 Å². The van der Waals surface area contributed by atoms with Gasteiger partial charge in [0, 0.05) is 17.7 Å². The van der Waals surface area contributed by atoms with Crippen molar-refractivity contribution >= 4 is 17.6 Å². The number of carbonyl (C=O) groups excluding carboxylic acids is 1. The molecule has 0 fully saturated rings. The molecule has 0 radical (unpaired) electrons. The summed E-state index contributed by atoms with van der Waals surface area (Å²) in [4.78, 5) is 21.8. The van der Waals surface area contributed by atoms with Gasteiger partial charge in [0.15, 0.2) is 11.6 Å². The van der Waals surface area contributed by atoms with Gasteiger partial charge in [-0.05, 0) is 12.1 Å². The second-order valence-corrected chi connectivity index (χ2v) is 3.62. The molecule has 2 N–H and O–H groups in total. The summed E-state index contributed by atoms with van der Waals surface area (Å²) >= 11 is 0. The first-order valence-corrected chi connectivity index (χ1v) is 4.88. The summed E-state index contributed by atoms with van der Waals surface area (Å²) in [6.45, 7) is 1.43. The second-order valence-electron chi connectivity index (χ2n) is 3.62. The molecule has 0 spiro atoms. The minimum Gasteiger partial charge on any atom is -0.481 e. The maximum absolute atomic E-state index is 12.8. The number of anilines is 1. The zero-order valence-electron chi connectivity index (χ0n) is 9.04. The molecule has 0 aliphatic heterocycles. The van der Waals surface area contributed by atoms with Gasteiger partial charge >= 0.3 is 5.97 Å². The van der Waals surface area contributed by atoms with E-state index >= 15 is 0 Å². The molecule has 0 aromatic heterocycles. The molecule has 1 amide bonds. The molecule has 0 saturated carbocycles. The van der Waals surface area contributed by atoms with E-state index in [1.807, 2.05) is 0 Å². The highest BCUT2D eigenvalue weighted by molar-refractivity contribution is 5.94. The third kappa shape index (κ3) is 3.82. The first-order valence-electron chi connectivity index (χ1n) is 4.88. The lowest BCUT2D eigenvalue weighted by Gasteiger charge is -2.10. The minimum absolute atomic E-state index is 0.0890. The Balaban J connectivity index is 2.67. The van der Waals surface area contributed by atoms with Crippen LogP contribution in [0.1, 0.15) is 13.3 Å². The molecule has 0 heterocycles. The van der Waals surface area contributed by atoms with E-state index in [-0.39, 0.29) is 12.1 Å². The first kappa shape index (κ1) is 13.1. The minimum atomic E-state index is -1.10. The fourth-order valence-corrected chi connectivity index (χ4v) is 1.19. The predicted molar refractivity (Wildman–Crippen MR) is 56.4 cm³/mol. The lowest BCUT2D eigenvalue weighted by Crippen LogP contribution is -2.22. The van der Waals surface area contributed by atoms with Crippen molar-refractivity contribution in [3.05, 3.63) is 29.8 Å². The van der Waals surface area contributed by atoms with E-state index in [2.05, 4.69) is 5.32 Å². The van der Waals surface area contributed by atoms with Crippen molar-refractivity contribution in [2.24, 2.45) is 5.92 Å². The number of carboxylic acid groups (broad SMARTS) is 1. The number of aliphatic carboxylic acids is 1. The van der Waals surface area contributed by atoms with Crippen LogP contribution in [-0.4, -0.2) is 17.0 Å². The summed E-state index contributed by atoms with van der Waals surface area (Å²) < 4.78 is 25.4. The van der Waals surface area contributed by atoms with E-state index in [1.54, 1.807) is 0 Å². The number of rotatable bonds is 4. The summed E-state index contributed by atoms with van der Waals surface area (Å²) in [6, 6.07) is 2.91. The van der Waals surface area contributed by atoms with Crippen LogP contribution in [0.2, 0.25) is 0 Å². The summed E-state index contributed by atoms with van der Waals surface area (Å²) in [5, 5.41) is 10.8. The summed E-state index contributed by atoms with van der Waals surface area (Å²) in [5.41, 5.74) is 0.0890. The number of benzene rings is 1. The van der Waals surface area contributed by atoms with Crippen LogP contribution in [-0.2, 0) is 9.59 Å². The largest absolute Gasteiger partial charge is 0.481 e. The zero-order valence-corrected chi connectivity index (χ0v) is 9.04. The van der Waals surface area contributed by atoms with E-state index in [0.29, 0.717) is 0 Å². The van der Waals surface area contributed by atoms with Gasteiger partial charge in [-0.25, -0.2) is 8.78 Å². The molecule has 0 bridgehead atoms. The van der Waals surface area contributed by atoms with Crippen molar-refractivity contribution in [2.75, 3.05) is 5.32 Å². The molecule has 1 rings (SSSR count). The van der Waals surface area contributed by atoms with E-state index in [0.717, 1.165) is 12.1 Å². The number of nitrogens with one attached hydrogen (secondary N) is 1. The van der Waals surface area contributed by atoms with Crippen LogP contribution in [0.4, 0.5) is 14.5 Å². The highest BCUT2D eigenvalue weighted by Crippen LogP contribution is 2.14. The van der Waals surface area contributed by atoms with Crippen LogP contribution in [0.3, 0.4) is 0 Å². The average molecular weight is 243 g/mol. The number of amides is 1.